The number of aldehydes is 1. The number of hydrogen-bond acceptors (Lipinski definition) is 7. The molecule has 174 valence electrons. The number of amides is 3. The second-order valence-electron chi connectivity index (χ2n) is 7.68. The van der Waals surface area contributed by atoms with E-state index in [9.17, 15) is 24.0 Å². The number of nitrogens with zero attached hydrogens (tertiary/aromatic N) is 2. The minimum absolute atomic E-state index is 0.127. The lowest BCUT2D eigenvalue weighted by Crippen LogP contribution is -2.63. The van der Waals surface area contributed by atoms with Gasteiger partial charge in [-0.3, -0.25) is 24.2 Å². The van der Waals surface area contributed by atoms with Crippen molar-refractivity contribution in [1.82, 2.24) is 25.8 Å². The first-order valence-corrected chi connectivity index (χ1v) is 10.4. The summed E-state index contributed by atoms with van der Waals surface area (Å²) < 4.78 is 0. The van der Waals surface area contributed by atoms with E-state index >= 15 is 0 Å². The monoisotopic (exact) mass is 455 g/mol. The molecule has 33 heavy (non-hydrogen) atoms. The second kappa shape index (κ2) is 10.6. The number of nitrogens with one attached hydrogen (secondary N) is 3. The zero-order valence-electron chi connectivity index (χ0n) is 18.0. The maximum atomic E-state index is 13.1. The van der Waals surface area contributed by atoms with Crippen LogP contribution in [0.5, 0.6) is 0 Å². The number of carbonyl (C=O) groups excluding carboxylic acids is 4. The van der Waals surface area contributed by atoms with Crippen molar-refractivity contribution < 1.29 is 29.1 Å². The van der Waals surface area contributed by atoms with E-state index in [1.165, 1.54) is 18.0 Å². The summed E-state index contributed by atoms with van der Waals surface area (Å²) in [7, 11) is 0. The van der Waals surface area contributed by atoms with Gasteiger partial charge in [-0.1, -0.05) is 24.3 Å². The Bertz CT molecular complexity index is 1070. The molecule has 1 saturated heterocycles. The third kappa shape index (κ3) is 5.69. The van der Waals surface area contributed by atoms with E-state index in [1.807, 2.05) is 12.1 Å². The largest absolute Gasteiger partial charge is 0.481 e. The van der Waals surface area contributed by atoms with E-state index < -0.39 is 48.2 Å². The van der Waals surface area contributed by atoms with Crippen LogP contribution >= 0.6 is 0 Å². The third-order valence-electron chi connectivity index (χ3n) is 5.32. The van der Waals surface area contributed by atoms with E-state index in [0.29, 0.717) is 18.2 Å². The number of carboxylic acid groups (broad SMARTS) is 1. The number of fused-ring (bicyclic) bond motifs is 1. The highest BCUT2D eigenvalue weighted by Crippen LogP contribution is 2.16. The van der Waals surface area contributed by atoms with E-state index in [4.69, 9.17) is 5.11 Å². The Morgan fingerprint density at radius 2 is 2.00 bits per heavy atom. The van der Waals surface area contributed by atoms with Crippen LogP contribution in [-0.4, -0.2) is 82.7 Å². The molecule has 0 bridgehead atoms. The van der Waals surface area contributed by atoms with Crippen LogP contribution in [0.1, 0.15) is 23.8 Å². The summed E-state index contributed by atoms with van der Waals surface area (Å²) in [5, 5.41) is 18.4. The molecular formula is C22H25N5O6. The van der Waals surface area contributed by atoms with Gasteiger partial charge in [0, 0.05) is 31.2 Å². The number of aromatic nitrogens is 1. The van der Waals surface area contributed by atoms with Crippen LogP contribution in [0, 0.1) is 0 Å². The van der Waals surface area contributed by atoms with Gasteiger partial charge in [-0.05, 0) is 18.4 Å². The third-order valence-corrected chi connectivity index (χ3v) is 5.32. The number of rotatable bonds is 8. The normalized spacial score (nSPS) is 17.6. The minimum atomic E-state index is -1.24. The summed E-state index contributed by atoms with van der Waals surface area (Å²) in [6.45, 7) is 2.28. The fourth-order valence-corrected chi connectivity index (χ4v) is 3.68. The smallest absolute Gasteiger partial charge is 0.305 e. The van der Waals surface area contributed by atoms with Gasteiger partial charge in [0.2, 0.25) is 11.8 Å². The molecule has 1 aromatic heterocycles. The number of aliphatic carboxylic acids is 1. The lowest BCUT2D eigenvalue weighted by molar-refractivity contribution is -0.144. The number of pyridine rings is 1. The molecule has 4 N–H and O–H groups in total. The predicted molar refractivity (Wildman–Crippen MR) is 117 cm³/mol. The average molecular weight is 455 g/mol. The molecule has 0 aliphatic carbocycles. The Balaban J connectivity index is 1.70. The Hall–Kier alpha value is -3.86. The van der Waals surface area contributed by atoms with E-state index in [0.717, 1.165) is 5.39 Å². The van der Waals surface area contributed by atoms with Crippen LogP contribution in [0.3, 0.4) is 0 Å². The van der Waals surface area contributed by atoms with Crippen LogP contribution in [0.25, 0.3) is 10.8 Å². The summed E-state index contributed by atoms with van der Waals surface area (Å²) in [6.07, 6.45) is 1.29. The van der Waals surface area contributed by atoms with Crippen LogP contribution in [0.2, 0.25) is 0 Å². The molecule has 1 aromatic carbocycles. The highest BCUT2D eigenvalue weighted by atomic mass is 16.4. The molecule has 3 rings (SSSR count). The molecule has 3 atom stereocenters. The van der Waals surface area contributed by atoms with Gasteiger partial charge in [0.05, 0.1) is 12.5 Å². The Morgan fingerprint density at radius 3 is 2.73 bits per heavy atom. The molecule has 0 unspecified atom stereocenters. The molecule has 1 fully saturated rings. The quantitative estimate of drug-likeness (QED) is 0.381. The number of hydrogen-bond donors (Lipinski definition) is 4. The molecule has 0 saturated carbocycles. The van der Waals surface area contributed by atoms with E-state index in [1.54, 1.807) is 18.2 Å². The molecular weight excluding hydrogens is 430 g/mol. The minimum Gasteiger partial charge on any atom is -0.481 e. The molecule has 2 aromatic rings. The van der Waals surface area contributed by atoms with Gasteiger partial charge in [0.15, 0.2) is 0 Å². The molecule has 11 heteroatoms. The van der Waals surface area contributed by atoms with Crippen molar-refractivity contribution in [3.63, 3.8) is 0 Å². The van der Waals surface area contributed by atoms with Gasteiger partial charge in [0.25, 0.3) is 5.91 Å². The van der Waals surface area contributed by atoms with Gasteiger partial charge in [-0.25, -0.2) is 0 Å². The van der Waals surface area contributed by atoms with Crippen molar-refractivity contribution in [2.45, 2.75) is 31.5 Å². The summed E-state index contributed by atoms with van der Waals surface area (Å²) in [6, 6.07) is 5.91. The average Bonchev–Trinajstić information content (AvgIpc) is 2.82. The van der Waals surface area contributed by atoms with Gasteiger partial charge >= 0.3 is 5.97 Å². The molecule has 2 heterocycles. The van der Waals surface area contributed by atoms with Gasteiger partial charge in [-0.2, -0.15) is 0 Å². The first-order valence-electron chi connectivity index (χ1n) is 10.4. The number of piperazine rings is 1. The van der Waals surface area contributed by atoms with Crippen LogP contribution in [-0.2, 0) is 19.2 Å². The zero-order valence-corrected chi connectivity index (χ0v) is 18.0. The first kappa shape index (κ1) is 23.8. The Kier molecular flexibility index (Phi) is 7.67. The van der Waals surface area contributed by atoms with Gasteiger partial charge in [0.1, 0.15) is 24.1 Å². The van der Waals surface area contributed by atoms with Crippen molar-refractivity contribution in [3.8, 4) is 0 Å². The predicted octanol–water partition coefficient (Wildman–Crippen LogP) is -0.688. The lowest BCUT2D eigenvalue weighted by Gasteiger charge is -2.37. The molecule has 3 amide bonds. The number of benzene rings is 1. The highest BCUT2D eigenvalue weighted by molar-refractivity contribution is 6.06. The fourth-order valence-electron chi connectivity index (χ4n) is 3.68. The van der Waals surface area contributed by atoms with Crippen molar-refractivity contribution in [2.75, 3.05) is 19.6 Å². The molecule has 0 radical (unpaired) electrons. The summed E-state index contributed by atoms with van der Waals surface area (Å²) in [4.78, 5) is 66.0. The Morgan fingerprint density at radius 1 is 1.24 bits per heavy atom. The summed E-state index contributed by atoms with van der Waals surface area (Å²) >= 11 is 0. The number of carboxylic acids is 1. The van der Waals surface area contributed by atoms with E-state index in [-0.39, 0.29) is 18.8 Å². The van der Waals surface area contributed by atoms with Crippen LogP contribution in [0.15, 0.2) is 36.5 Å². The van der Waals surface area contributed by atoms with Crippen molar-refractivity contribution in [1.29, 1.82) is 0 Å². The SMILES string of the molecule is C[C@H](NC(=O)c1nccc2ccccc12)C(=O)N1CCNC[C@H]1C(=O)N[C@H](C=O)CC(=O)O. The molecule has 1 aliphatic heterocycles. The van der Waals surface area contributed by atoms with E-state index in [2.05, 4.69) is 20.9 Å². The molecule has 1 aliphatic rings. The van der Waals surface area contributed by atoms with Crippen molar-refractivity contribution in [3.05, 3.63) is 42.2 Å². The summed E-state index contributed by atoms with van der Waals surface area (Å²) in [5.74, 6) is -2.89. The van der Waals surface area contributed by atoms with Crippen LogP contribution < -0.4 is 16.0 Å². The van der Waals surface area contributed by atoms with Crippen molar-refractivity contribution >= 4 is 40.7 Å². The maximum Gasteiger partial charge on any atom is 0.305 e. The molecule has 0 spiro atoms. The topological polar surface area (TPSA) is 158 Å². The Labute approximate surface area is 189 Å². The van der Waals surface area contributed by atoms with Crippen molar-refractivity contribution in [2.24, 2.45) is 0 Å². The lowest BCUT2D eigenvalue weighted by atomic mass is 10.1. The van der Waals surface area contributed by atoms with Gasteiger partial charge < -0.3 is 30.8 Å². The zero-order chi connectivity index (χ0) is 24.0. The highest BCUT2D eigenvalue weighted by Gasteiger charge is 2.35. The fraction of sp³-hybridized carbons (Fsp3) is 0.364. The first-order chi connectivity index (χ1) is 15.8. The van der Waals surface area contributed by atoms with Crippen LogP contribution in [0.4, 0.5) is 0 Å². The standard InChI is InChI=1S/C22H25N5O6/c1-13(25-21(32)19-16-5-3-2-4-14(16)6-7-24-19)22(33)27-9-8-23-11-17(27)20(31)26-15(12-28)10-18(29)30/h2-7,12-13,15,17,23H,8-11H2,1H3,(H,25,32)(H,26,31)(H,29,30)/t13-,15-,17-/m0/s1. The molecule has 11 nitrogen and oxygen atoms in total. The maximum absolute atomic E-state index is 13.1. The van der Waals surface area contributed by atoms with Gasteiger partial charge in [-0.15, -0.1) is 0 Å². The summed E-state index contributed by atoms with van der Waals surface area (Å²) in [5.41, 5.74) is 0.185. The second-order valence-corrected chi connectivity index (χ2v) is 7.68. The number of carbonyl (C=O) groups is 5.